The second-order valence-corrected chi connectivity index (χ2v) is 9.34. The van der Waals surface area contributed by atoms with Crippen molar-refractivity contribution in [1.29, 1.82) is 0 Å². The van der Waals surface area contributed by atoms with Crippen molar-refractivity contribution in [2.24, 2.45) is 0 Å². The van der Waals surface area contributed by atoms with Gasteiger partial charge in [0.1, 0.15) is 0 Å². The third kappa shape index (κ3) is 3.06. The van der Waals surface area contributed by atoms with Crippen LogP contribution in [0.1, 0.15) is 86.1 Å². The first-order valence-electron chi connectivity index (χ1n) is 11.9. The summed E-state index contributed by atoms with van der Waals surface area (Å²) in [6.45, 7) is 3.62. The molecular formula is C31H21NO4. The lowest BCUT2D eigenvalue weighted by Crippen LogP contribution is -2.25. The highest BCUT2D eigenvalue weighted by molar-refractivity contribution is 6.30. The standard InChI is InChI=1S/C31H21NO4/c1-16-11-12-18(26-24(16)28(33)19-7-3-5-9-21(19)30(26)35)13-14-23-27-25(17(2)15-32-23)29(34)20-8-4-6-10-22(20)31(27)36/h3-12,15H,13-14H2,1-2H3. The molecule has 4 aromatic rings. The Bertz CT molecular complexity index is 1550. The molecular weight excluding hydrogens is 450 g/mol. The lowest BCUT2D eigenvalue weighted by atomic mass is 9.78. The summed E-state index contributed by atoms with van der Waals surface area (Å²) in [7, 11) is 0. The minimum Gasteiger partial charge on any atom is -0.289 e. The van der Waals surface area contributed by atoms with Gasteiger partial charge in [0.15, 0.2) is 23.1 Å². The fourth-order valence-corrected chi connectivity index (χ4v) is 5.43. The normalized spacial score (nSPS) is 13.7. The molecule has 3 aromatic carbocycles. The molecule has 0 aliphatic heterocycles. The monoisotopic (exact) mass is 471 g/mol. The minimum absolute atomic E-state index is 0.150. The molecule has 0 radical (unpaired) electrons. The van der Waals surface area contributed by atoms with E-state index in [4.69, 9.17) is 0 Å². The van der Waals surface area contributed by atoms with E-state index >= 15 is 0 Å². The Kier molecular flexibility index (Phi) is 4.90. The maximum atomic E-state index is 13.5. The molecule has 0 saturated carbocycles. The molecule has 2 aliphatic carbocycles. The van der Waals surface area contributed by atoms with Crippen LogP contribution in [-0.2, 0) is 12.8 Å². The van der Waals surface area contributed by atoms with Gasteiger partial charge in [-0.3, -0.25) is 24.2 Å². The summed E-state index contributed by atoms with van der Waals surface area (Å²) in [6, 6.07) is 17.5. The molecule has 1 aromatic heterocycles. The van der Waals surface area contributed by atoms with Gasteiger partial charge < -0.3 is 0 Å². The van der Waals surface area contributed by atoms with Crippen molar-refractivity contribution in [1.82, 2.24) is 4.98 Å². The first-order chi connectivity index (χ1) is 17.4. The van der Waals surface area contributed by atoms with E-state index in [-0.39, 0.29) is 23.1 Å². The van der Waals surface area contributed by atoms with Crippen molar-refractivity contribution >= 4 is 23.1 Å². The predicted molar refractivity (Wildman–Crippen MR) is 134 cm³/mol. The number of ketones is 4. The number of aromatic nitrogens is 1. The number of benzene rings is 3. The second kappa shape index (κ2) is 8.02. The Morgan fingerprint density at radius 1 is 0.528 bits per heavy atom. The van der Waals surface area contributed by atoms with Crippen LogP contribution in [0.25, 0.3) is 0 Å². The number of hydrogen-bond acceptors (Lipinski definition) is 5. The van der Waals surface area contributed by atoms with Crippen LogP contribution in [-0.4, -0.2) is 28.1 Å². The van der Waals surface area contributed by atoms with E-state index in [1.165, 1.54) is 0 Å². The molecule has 0 unspecified atom stereocenters. The van der Waals surface area contributed by atoms with Gasteiger partial charge in [-0.15, -0.1) is 0 Å². The fraction of sp³-hybridized carbons (Fsp3) is 0.129. The van der Waals surface area contributed by atoms with Crippen LogP contribution in [0.5, 0.6) is 0 Å². The summed E-state index contributed by atoms with van der Waals surface area (Å²) in [5.74, 6) is -0.704. The molecule has 0 bridgehead atoms. The van der Waals surface area contributed by atoms with Crippen molar-refractivity contribution in [2.45, 2.75) is 26.7 Å². The van der Waals surface area contributed by atoms with E-state index in [1.54, 1.807) is 61.7 Å². The average Bonchev–Trinajstić information content (AvgIpc) is 2.90. The summed E-state index contributed by atoms with van der Waals surface area (Å²) in [6.07, 6.45) is 2.38. The fourth-order valence-electron chi connectivity index (χ4n) is 5.43. The number of carbonyl (C=O) groups is 4. The van der Waals surface area contributed by atoms with Gasteiger partial charge >= 0.3 is 0 Å². The van der Waals surface area contributed by atoms with Gasteiger partial charge in [-0.05, 0) is 43.4 Å². The van der Waals surface area contributed by atoms with Crippen LogP contribution in [0, 0.1) is 13.8 Å². The van der Waals surface area contributed by atoms with Crippen LogP contribution in [0.15, 0.2) is 66.9 Å². The zero-order valence-electron chi connectivity index (χ0n) is 19.8. The zero-order valence-corrected chi connectivity index (χ0v) is 19.8. The van der Waals surface area contributed by atoms with Crippen LogP contribution < -0.4 is 0 Å². The van der Waals surface area contributed by atoms with E-state index in [1.807, 2.05) is 19.1 Å². The van der Waals surface area contributed by atoms with Crippen LogP contribution in [0.3, 0.4) is 0 Å². The molecule has 0 atom stereocenters. The van der Waals surface area contributed by atoms with Gasteiger partial charge in [-0.1, -0.05) is 60.7 Å². The number of rotatable bonds is 3. The Hall–Kier alpha value is -4.51. The molecule has 0 saturated heterocycles. The van der Waals surface area contributed by atoms with Crippen molar-refractivity contribution in [3.05, 3.63) is 134 Å². The second-order valence-electron chi connectivity index (χ2n) is 9.34. The Balaban J connectivity index is 1.43. The van der Waals surface area contributed by atoms with Gasteiger partial charge in [-0.25, -0.2) is 0 Å². The number of nitrogens with zero attached hydrogens (tertiary/aromatic N) is 1. The largest absolute Gasteiger partial charge is 0.289 e. The molecule has 0 N–H and O–H groups in total. The number of pyridine rings is 1. The quantitative estimate of drug-likeness (QED) is 0.361. The summed E-state index contributed by atoms with van der Waals surface area (Å²) in [5, 5.41) is 0. The maximum Gasteiger partial charge on any atom is 0.196 e. The molecule has 1 heterocycles. The minimum atomic E-state index is -0.211. The average molecular weight is 472 g/mol. The number of fused-ring (bicyclic) bond motifs is 4. The van der Waals surface area contributed by atoms with E-state index in [0.717, 1.165) is 11.1 Å². The molecule has 2 aliphatic rings. The molecule has 5 nitrogen and oxygen atoms in total. The van der Waals surface area contributed by atoms with Crippen LogP contribution in [0.4, 0.5) is 0 Å². The summed E-state index contributed by atoms with van der Waals surface area (Å²) < 4.78 is 0. The molecule has 6 rings (SSSR count). The Morgan fingerprint density at radius 3 is 1.56 bits per heavy atom. The molecule has 0 spiro atoms. The van der Waals surface area contributed by atoms with E-state index in [2.05, 4.69) is 4.98 Å². The summed E-state index contributed by atoms with van der Waals surface area (Å²) >= 11 is 0. The van der Waals surface area contributed by atoms with E-state index in [9.17, 15) is 19.2 Å². The first-order valence-corrected chi connectivity index (χ1v) is 11.9. The molecule has 0 amide bonds. The summed E-state index contributed by atoms with van der Waals surface area (Å²) in [5.41, 5.74) is 5.89. The van der Waals surface area contributed by atoms with Crippen LogP contribution in [0.2, 0.25) is 0 Å². The van der Waals surface area contributed by atoms with Crippen molar-refractivity contribution in [3.63, 3.8) is 0 Å². The Labute approximate surface area is 207 Å². The third-order valence-electron chi connectivity index (χ3n) is 7.22. The van der Waals surface area contributed by atoms with Gasteiger partial charge in [0.05, 0.1) is 11.3 Å². The van der Waals surface area contributed by atoms with Crippen molar-refractivity contribution in [2.75, 3.05) is 0 Å². The van der Waals surface area contributed by atoms with E-state index < -0.39 is 0 Å². The van der Waals surface area contributed by atoms with Crippen LogP contribution >= 0.6 is 0 Å². The predicted octanol–water partition coefficient (Wildman–Crippen LogP) is 5.03. The van der Waals surface area contributed by atoms with Gasteiger partial charge in [-0.2, -0.15) is 0 Å². The van der Waals surface area contributed by atoms with Crippen molar-refractivity contribution < 1.29 is 19.2 Å². The molecule has 5 heteroatoms. The Morgan fingerprint density at radius 2 is 1.00 bits per heavy atom. The number of aryl methyl sites for hydroxylation is 4. The zero-order chi connectivity index (χ0) is 25.1. The lowest BCUT2D eigenvalue weighted by molar-refractivity contribution is 0.0977. The topological polar surface area (TPSA) is 81.2 Å². The smallest absolute Gasteiger partial charge is 0.196 e. The number of hydrogen-bond donors (Lipinski definition) is 0. The lowest BCUT2D eigenvalue weighted by Gasteiger charge is -2.23. The molecule has 36 heavy (non-hydrogen) atoms. The first kappa shape index (κ1) is 22.0. The van der Waals surface area contributed by atoms with Gasteiger partial charge in [0.25, 0.3) is 0 Å². The van der Waals surface area contributed by atoms with Crippen molar-refractivity contribution in [3.8, 4) is 0 Å². The highest BCUT2D eigenvalue weighted by atomic mass is 16.1. The highest BCUT2D eigenvalue weighted by Gasteiger charge is 2.35. The molecule has 0 fully saturated rings. The molecule has 174 valence electrons. The SMILES string of the molecule is Cc1ccc(CCc2ncc(C)c3c2C(=O)c2ccccc2C3=O)c2c1C(=O)c1ccccc1C2=O. The number of carbonyl (C=O) groups excluding carboxylic acids is 4. The summed E-state index contributed by atoms with van der Waals surface area (Å²) in [4.78, 5) is 58.0. The third-order valence-corrected chi connectivity index (χ3v) is 7.22. The van der Waals surface area contributed by atoms with Gasteiger partial charge in [0.2, 0.25) is 0 Å². The highest BCUT2D eigenvalue weighted by Crippen LogP contribution is 2.34. The van der Waals surface area contributed by atoms with E-state index in [0.29, 0.717) is 68.6 Å². The maximum absolute atomic E-state index is 13.5. The van der Waals surface area contributed by atoms with Gasteiger partial charge in [0, 0.05) is 45.1 Å².